The van der Waals surface area contributed by atoms with Crippen LogP contribution in [0.1, 0.15) is 85.5 Å². The Kier molecular flexibility index (Phi) is 18.4. The Morgan fingerprint density at radius 1 is 0.524 bits per heavy atom. The number of Topliss-reactive ketones (excluding diaryl/α,β-unsaturated/α-hetero) is 1. The number of aliphatic hydroxyl groups excluding tert-OH is 14. The van der Waals surface area contributed by atoms with Gasteiger partial charge >= 0.3 is 0 Å². The quantitative estimate of drug-likeness (QED) is 0.0772. The van der Waals surface area contributed by atoms with Crippen molar-refractivity contribution in [2.45, 2.75) is 245 Å². The fourth-order valence-corrected chi connectivity index (χ4v) is 16.8. The average Bonchev–Trinajstić information content (AvgIpc) is 1.59. The van der Waals surface area contributed by atoms with Gasteiger partial charge in [-0.25, -0.2) is 0 Å². The van der Waals surface area contributed by atoms with Gasteiger partial charge in [-0.2, -0.15) is 0 Å². The van der Waals surface area contributed by atoms with Crippen LogP contribution >= 0.6 is 0 Å². The van der Waals surface area contributed by atoms with Crippen molar-refractivity contribution in [3.05, 3.63) is 0 Å². The first-order chi connectivity index (χ1) is 39.0. The summed E-state index contributed by atoms with van der Waals surface area (Å²) in [6.07, 6.45) is -34.4. The predicted octanol–water partition coefficient (Wildman–Crippen LogP) is -4.63. The minimum atomic E-state index is -2.10. The molecule has 82 heavy (non-hydrogen) atoms. The number of carbonyl (C=O) groups is 1. The van der Waals surface area contributed by atoms with Crippen molar-refractivity contribution in [1.29, 1.82) is 0 Å². The van der Waals surface area contributed by atoms with E-state index in [0.717, 1.165) is 32.1 Å². The zero-order valence-electron chi connectivity index (χ0n) is 46.7. The van der Waals surface area contributed by atoms with Gasteiger partial charge in [0.2, 0.25) is 0 Å². The molecular formula is C55H88O27. The molecule has 4 saturated carbocycles. The highest BCUT2D eigenvalue weighted by molar-refractivity contribution is 5.87. The molecule has 7 heterocycles. The summed E-state index contributed by atoms with van der Waals surface area (Å²) in [7, 11) is 0. The van der Waals surface area contributed by atoms with Crippen LogP contribution in [0, 0.1) is 52.3 Å². The lowest BCUT2D eigenvalue weighted by Crippen LogP contribution is -2.68. The van der Waals surface area contributed by atoms with Crippen LogP contribution < -0.4 is 0 Å². The summed E-state index contributed by atoms with van der Waals surface area (Å²) in [6.45, 7) is 5.95. The standard InChI is InChI=1S/C55H88O27/c1-20-7-10-55(73-17-20)21(2)34-29(82-55)12-26-24-6-5-22-11-23(8-9-53(22,3)25(24)13-33(61)54(26,34)4)74-52-47(42(69)45(32(16-58)77-52)79-49-40(67)36(63)28(60)19-72-49)81-51-43(70)46(37(64)30(14-56)75-51)80-50-41(68)38(65)44(31(15-57)76-50)78-48-39(66)35(62)27(59)18-71-48/h20-32,34-52,56-60,62-70H,5-19H2,1-4H3/t20-,21+,22+,23+,24-,25+,26+,27-,28-,29+,30-,31-,32-,34+,35+,36+,37-,38-,39-,40-,41-,42+,43-,44-,45+,46+,47-,48+,49+,50+,51+,52-,53+,54+,55-/m1/s1. The molecular weight excluding hydrogens is 1090 g/mol. The van der Waals surface area contributed by atoms with Gasteiger partial charge < -0.3 is 128 Å². The number of ether oxygens (including phenoxy) is 12. The summed E-state index contributed by atoms with van der Waals surface area (Å²) in [5.41, 5.74) is -0.775. The third-order valence-corrected chi connectivity index (χ3v) is 21.6. The third kappa shape index (κ3) is 10.7. The number of hydrogen-bond donors (Lipinski definition) is 14. The number of aliphatic hydroxyl groups is 14. The van der Waals surface area contributed by atoms with Gasteiger partial charge in [0.25, 0.3) is 0 Å². The maximum absolute atomic E-state index is 14.9. The Labute approximate surface area is 474 Å². The van der Waals surface area contributed by atoms with Gasteiger partial charge in [0.15, 0.2) is 37.2 Å². The molecule has 11 fully saturated rings. The van der Waals surface area contributed by atoms with Crippen molar-refractivity contribution in [2.75, 3.05) is 39.6 Å². The zero-order chi connectivity index (χ0) is 58.6. The van der Waals surface area contributed by atoms with Crippen LogP contribution in [0.4, 0.5) is 0 Å². The molecule has 4 aliphatic carbocycles. The third-order valence-electron chi connectivity index (χ3n) is 21.6. The van der Waals surface area contributed by atoms with Crippen LogP contribution in [0.25, 0.3) is 0 Å². The van der Waals surface area contributed by atoms with Crippen molar-refractivity contribution in [3.8, 4) is 0 Å². The number of hydrogen-bond acceptors (Lipinski definition) is 27. The van der Waals surface area contributed by atoms with Crippen LogP contribution in [0.3, 0.4) is 0 Å². The molecule has 0 amide bonds. The molecule has 7 aliphatic heterocycles. The lowest BCUT2D eigenvalue weighted by molar-refractivity contribution is -0.400. The van der Waals surface area contributed by atoms with Crippen LogP contribution in [-0.4, -0.2) is 276 Å². The van der Waals surface area contributed by atoms with Gasteiger partial charge in [0.05, 0.1) is 51.8 Å². The monoisotopic (exact) mass is 1180 g/mol. The first-order valence-electron chi connectivity index (χ1n) is 29.6. The van der Waals surface area contributed by atoms with Gasteiger partial charge in [0.1, 0.15) is 116 Å². The molecule has 1 spiro atoms. The van der Waals surface area contributed by atoms with E-state index in [1.54, 1.807) is 0 Å². The highest BCUT2D eigenvalue weighted by atomic mass is 16.8. The molecule has 11 aliphatic rings. The molecule has 470 valence electrons. The van der Waals surface area contributed by atoms with E-state index in [4.69, 9.17) is 56.8 Å². The Morgan fingerprint density at radius 3 is 1.70 bits per heavy atom. The summed E-state index contributed by atoms with van der Waals surface area (Å²) in [5, 5.41) is 152. The largest absolute Gasteiger partial charge is 0.394 e. The topological polar surface area (TPSA) is 411 Å². The molecule has 27 heteroatoms. The normalized spacial score (nSPS) is 57.0. The van der Waals surface area contributed by atoms with Crippen molar-refractivity contribution in [2.24, 2.45) is 52.3 Å². The summed E-state index contributed by atoms with van der Waals surface area (Å²) >= 11 is 0. The molecule has 14 N–H and O–H groups in total. The van der Waals surface area contributed by atoms with Gasteiger partial charge in [0, 0.05) is 30.1 Å². The molecule has 0 radical (unpaired) electrons. The average molecular weight is 1180 g/mol. The molecule has 27 nitrogen and oxygen atoms in total. The van der Waals surface area contributed by atoms with Gasteiger partial charge in [-0.15, -0.1) is 0 Å². The van der Waals surface area contributed by atoms with E-state index in [2.05, 4.69) is 27.7 Å². The maximum atomic E-state index is 14.9. The first kappa shape index (κ1) is 62.2. The SMILES string of the molecule is C[C@@H]1CC[C@@]2(OC1)O[C@H]1C[C@H]3[C@@H]4CC[C@H]5C[C@@H](O[C@@H]6O[C@H](CO)[C@H](O[C@@H]7OC[C@@H](O)[C@H](O)[C@H]7O)[C@H](O)[C@H]6O[C@@H]6O[C@H](CO)[C@@H](O)[C@H](O[C@@H]7O[C@H](CO)[C@@H](O[C@@H]8OC[C@@H](O)[C@H](O)[C@H]8O)[C@H](O)[C@H]7O)[C@H]6O)CC[C@]5(C)[C@H]4CC(=O)[C@@]3(C)[C@H]1[C@@H]2C. The summed E-state index contributed by atoms with van der Waals surface area (Å²) in [5.74, 6) is 0.909. The summed E-state index contributed by atoms with van der Waals surface area (Å²) in [4.78, 5) is 14.9. The van der Waals surface area contributed by atoms with E-state index >= 15 is 0 Å². The van der Waals surface area contributed by atoms with Crippen LogP contribution in [-0.2, 0) is 61.6 Å². The minimum Gasteiger partial charge on any atom is -0.394 e. The number of rotatable bonds is 13. The molecule has 35 atom stereocenters. The Hall–Kier alpha value is -1.37. The number of carbonyl (C=O) groups excluding carboxylic acids is 1. The first-order valence-corrected chi connectivity index (χ1v) is 29.6. The minimum absolute atomic E-state index is 0.0568. The van der Waals surface area contributed by atoms with E-state index in [9.17, 15) is 76.3 Å². The van der Waals surface area contributed by atoms with Crippen LogP contribution in [0.5, 0.6) is 0 Å². The van der Waals surface area contributed by atoms with Gasteiger partial charge in [-0.1, -0.05) is 27.7 Å². The van der Waals surface area contributed by atoms with E-state index in [0.29, 0.717) is 44.1 Å². The van der Waals surface area contributed by atoms with E-state index in [1.807, 2.05) is 0 Å². The second-order valence-corrected chi connectivity index (χ2v) is 26.1. The zero-order valence-corrected chi connectivity index (χ0v) is 46.7. The highest BCUT2D eigenvalue weighted by Gasteiger charge is 2.72. The van der Waals surface area contributed by atoms with E-state index in [1.165, 1.54) is 0 Å². The molecule has 0 aromatic carbocycles. The highest BCUT2D eigenvalue weighted by Crippen LogP contribution is 2.70. The van der Waals surface area contributed by atoms with Gasteiger partial charge in [-0.05, 0) is 80.0 Å². The Balaban J connectivity index is 0.803. The lowest BCUT2D eigenvalue weighted by Gasteiger charge is -2.61. The van der Waals surface area contributed by atoms with Crippen molar-refractivity contribution in [3.63, 3.8) is 0 Å². The smallest absolute Gasteiger partial charge is 0.187 e. The molecule has 11 rings (SSSR count). The summed E-state index contributed by atoms with van der Waals surface area (Å²) < 4.78 is 72.9. The van der Waals surface area contributed by atoms with Gasteiger partial charge in [-0.3, -0.25) is 4.79 Å². The molecule has 7 saturated heterocycles. The van der Waals surface area contributed by atoms with Crippen LogP contribution in [0.15, 0.2) is 0 Å². The van der Waals surface area contributed by atoms with E-state index < -0.39 is 192 Å². The molecule has 0 aromatic heterocycles. The second-order valence-electron chi connectivity index (χ2n) is 26.1. The second kappa shape index (κ2) is 24.2. The molecule has 0 aromatic rings. The van der Waals surface area contributed by atoms with Crippen molar-refractivity contribution >= 4 is 5.78 Å². The number of fused-ring (bicyclic) bond motifs is 7. The molecule has 0 unspecified atom stereocenters. The maximum Gasteiger partial charge on any atom is 0.187 e. The van der Waals surface area contributed by atoms with Crippen molar-refractivity contribution < 1.29 is 133 Å². The number of ketones is 1. The fourth-order valence-electron chi connectivity index (χ4n) is 16.8. The summed E-state index contributed by atoms with van der Waals surface area (Å²) in [6, 6.07) is 0. The lowest BCUT2D eigenvalue weighted by atomic mass is 9.44. The molecule has 0 bridgehead atoms. The van der Waals surface area contributed by atoms with Crippen molar-refractivity contribution in [1.82, 2.24) is 0 Å². The fraction of sp³-hybridized carbons (Fsp3) is 0.982. The Bertz CT molecular complexity index is 2180. The van der Waals surface area contributed by atoms with Crippen LogP contribution in [0.2, 0.25) is 0 Å². The van der Waals surface area contributed by atoms with E-state index in [-0.39, 0.29) is 46.9 Å². The Morgan fingerprint density at radius 2 is 1.09 bits per heavy atom. The predicted molar refractivity (Wildman–Crippen MR) is 269 cm³/mol.